The molecule has 0 aliphatic heterocycles. The second-order valence-electron chi connectivity index (χ2n) is 4.14. The molecule has 3 aromatic rings. The Labute approximate surface area is 109 Å². The first-order chi connectivity index (χ1) is 9.25. The van der Waals surface area contributed by atoms with Crippen molar-refractivity contribution in [2.45, 2.75) is 0 Å². The van der Waals surface area contributed by atoms with Crippen molar-refractivity contribution in [1.29, 1.82) is 0 Å². The van der Waals surface area contributed by atoms with Crippen LogP contribution in [-0.4, -0.2) is 4.98 Å². The molecule has 4 heteroatoms. The summed E-state index contributed by atoms with van der Waals surface area (Å²) in [6.45, 7) is 0. The average molecular weight is 250 g/mol. The van der Waals surface area contributed by atoms with Crippen LogP contribution in [0.1, 0.15) is 0 Å². The van der Waals surface area contributed by atoms with E-state index in [1.54, 1.807) is 18.2 Å². The van der Waals surface area contributed by atoms with E-state index in [4.69, 9.17) is 0 Å². The molecular formula is C15H10N2O2. The van der Waals surface area contributed by atoms with Gasteiger partial charge in [0.25, 0.3) is 0 Å². The van der Waals surface area contributed by atoms with Crippen molar-refractivity contribution in [3.8, 4) is 11.3 Å². The van der Waals surface area contributed by atoms with Gasteiger partial charge in [-0.2, -0.15) is 4.73 Å². The SMILES string of the molecule is O=c1c[n+]([O-])c(-c2ccccc2)c2ccccc2n1. The van der Waals surface area contributed by atoms with Crippen LogP contribution in [0.4, 0.5) is 0 Å². The van der Waals surface area contributed by atoms with Gasteiger partial charge in [-0.15, -0.1) is 0 Å². The summed E-state index contributed by atoms with van der Waals surface area (Å²) in [7, 11) is 0. The number of aromatic nitrogens is 2. The highest BCUT2D eigenvalue weighted by molar-refractivity contribution is 5.90. The lowest BCUT2D eigenvalue weighted by Gasteiger charge is -2.02. The first kappa shape index (κ1) is 11.3. The minimum Gasteiger partial charge on any atom is -0.618 e. The zero-order valence-electron chi connectivity index (χ0n) is 9.98. The number of nitrogens with zero attached hydrogens (tertiary/aromatic N) is 2. The Morgan fingerprint density at radius 1 is 0.947 bits per heavy atom. The highest BCUT2D eigenvalue weighted by Crippen LogP contribution is 2.22. The molecule has 0 bridgehead atoms. The van der Waals surface area contributed by atoms with Crippen LogP contribution in [0.25, 0.3) is 22.2 Å². The van der Waals surface area contributed by atoms with Crippen LogP contribution in [0.2, 0.25) is 0 Å². The third kappa shape index (κ3) is 2.04. The number of hydrogen-bond acceptors (Lipinski definition) is 3. The molecule has 2 aromatic carbocycles. The van der Waals surface area contributed by atoms with E-state index in [9.17, 15) is 10.0 Å². The van der Waals surface area contributed by atoms with Gasteiger partial charge in [0, 0.05) is 5.56 Å². The van der Waals surface area contributed by atoms with Crippen molar-refractivity contribution in [2.24, 2.45) is 0 Å². The third-order valence-electron chi connectivity index (χ3n) is 2.89. The lowest BCUT2D eigenvalue weighted by Crippen LogP contribution is -2.30. The Kier molecular flexibility index (Phi) is 2.68. The van der Waals surface area contributed by atoms with E-state index in [-0.39, 0.29) is 0 Å². The Morgan fingerprint density at radius 2 is 1.63 bits per heavy atom. The number of rotatable bonds is 1. The second kappa shape index (κ2) is 4.49. The lowest BCUT2D eigenvalue weighted by molar-refractivity contribution is -0.592. The maximum absolute atomic E-state index is 12.1. The van der Waals surface area contributed by atoms with Gasteiger partial charge in [0.15, 0.2) is 0 Å². The monoisotopic (exact) mass is 250 g/mol. The Morgan fingerprint density at radius 3 is 2.42 bits per heavy atom. The first-order valence-electron chi connectivity index (χ1n) is 5.84. The molecule has 0 unspecified atom stereocenters. The summed E-state index contributed by atoms with van der Waals surface area (Å²) in [4.78, 5) is 15.5. The van der Waals surface area contributed by atoms with E-state index in [1.807, 2.05) is 36.4 Å². The van der Waals surface area contributed by atoms with Crippen molar-refractivity contribution < 1.29 is 4.73 Å². The normalized spacial score (nSPS) is 10.5. The zero-order valence-corrected chi connectivity index (χ0v) is 9.98. The molecule has 0 N–H and O–H groups in total. The molecule has 0 aliphatic rings. The van der Waals surface area contributed by atoms with Crippen LogP contribution in [-0.2, 0) is 0 Å². The molecule has 19 heavy (non-hydrogen) atoms. The molecule has 0 aliphatic carbocycles. The molecule has 1 heterocycles. The van der Waals surface area contributed by atoms with Crippen LogP contribution in [0, 0.1) is 5.21 Å². The number of para-hydroxylation sites is 1. The number of hydrogen-bond donors (Lipinski definition) is 0. The summed E-state index contributed by atoms with van der Waals surface area (Å²) in [5.41, 5.74) is 1.16. The summed E-state index contributed by atoms with van der Waals surface area (Å²) in [5.74, 6) is 0. The van der Waals surface area contributed by atoms with Crippen LogP contribution in [0.15, 0.2) is 65.6 Å². The van der Waals surface area contributed by atoms with E-state index in [2.05, 4.69) is 4.98 Å². The summed E-state index contributed by atoms with van der Waals surface area (Å²) >= 11 is 0. The van der Waals surface area contributed by atoms with E-state index in [0.29, 0.717) is 21.3 Å². The minimum atomic E-state index is -0.548. The molecule has 92 valence electrons. The van der Waals surface area contributed by atoms with Crippen molar-refractivity contribution in [3.63, 3.8) is 0 Å². The van der Waals surface area contributed by atoms with Crippen LogP contribution < -0.4 is 10.3 Å². The van der Waals surface area contributed by atoms with Gasteiger partial charge in [-0.05, 0) is 24.3 Å². The summed E-state index contributed by atoms with van der Waals surface area (Å²) < 4.78 is 0.590. The fourth-order valence-electron chi connectivity index (χ4n) is 2.08. The van der Waals surface area contributed by atoms with Gasteiger partial charge < -0.3 is 5.21 Å². The quantitative estimate of drug-likeness (QED) is 0.489. The summed E-state index contributed by atoms with van der Waals surface area (Å²) in [6.07, 6.45) is 0.961. The van der Waals surface area contributed by atoms with Gasteiger partial charge in [-0.25, -0.2) is 4.98 Å². The molecule has 4 nitrogen and oxygen atoms in total. The Hall–Kier alpha value is -2.75. The maximum Gasteiger partial charge on any atom is 0.335 e. The smallest absolute Gasteiger partial charge is 0.335 e. The Balaban J connectivity index is 2.51. The second-order valence-corrected chi connectivity index (χ2v) is 4.14. The molecule has 3 rings (SSSR count). The molecule has 0 radical (unpaired) electrons. The lowest BCUT2D eigenvalue weighted by atomic mass is 10.1. The largest absolute Gasteiger partial charge is 0.618 e. The predicted octanol–water partition coefficient (Wildman–Crippen LogP) is 1.90. The fourth-order valence-corrected chi connectivity index (χ4v) is 2.08. The number of fused-ring (bicyclic) bond motifs is 1. The first-order valence-corrected chi connectivity index (χ1v) is 5.84. The van der Waals surface area contributed by atoms with Gasteiger partial charge in [0.2, 0.25) is 11.9 Å². The standard InChI is InChI=1S/C15H10N2O2/c18-14-10-17(19)15(11-6-2-1-3-7-11)12-8-4-5-9-13(12)16-14/h1-10H. The molecule has 0 atom stereocenters. The van der Waals surface area contributed by atoms with Crippen molar-refractivity contribution in [3.05, 3.63) is 76.4 Å². The third-order valence-corrected chi connectivity index (χ3v) is 2.89. The molecular weight excluding hydrogens is 240 g/mol. The van der Waals surface area contributed by atoms with Crippen molar-refractivity contribution in [2.75, 3.05) is 0 Å². The van der Waals surface area contributed by atoms with Crippen molar-refractivity contribution >= 4 is 10.9 Å². The average Bonchev–Trinajstić information content (AvgIpc) is 2.54. The molecule has 0 fully saturated rings. The van der Waals surface area contributed by atoms with Gasteiger partial charge in [-0.3, -0.25) is 4.79 Å². The van der Waals surface area contributed by atoms with Crippen molar-refractivity contribution in [1.82, 2.24) is 4.98 Å². The number of benzene rings is 2. The highest BCUT2D eigenvalue weighted by Gasteiger charge is 2.13. The van der Waals surface area contributed by atoms with E-state index >= 15 is 0 Å². The van der Waals surface area contributed by atoms with Gasteiger partial charge >= 0.3 is 5.56 Å². The van der Waals surface area contributed by atoms with Gasteiger partial charge in [-0.1, -0.05) is 30.3 Å². The molecule has 0 saturated heterocycles. The Bertz CT molecular complexity index is 801. The minimum absolute atomic E-state index is 0.436. The molecule has 0 spiro atoms. The molecule has 1 aromatic heterocycles. The molecule has 0 saturated carbocycles. The van der Waals surface area contributed by atoms with Crippen LogP contribution in [0.5, 0.6) is 0 Å². The zero-order chi connectivity index (χ0) is 13.2. The van der Waals surface area contributed by atoms with E-state index < -0.39 is 5.56 Å². The van der Waals surface area contributed by atoms with E-state index in [1.165, 1.54) is 0 Å². The molecule has 0 amide bonds. The van der Waals surface area contributed by atoms with E-state index in [0.717, 1.165) is 11.8 Å². The van der Waals surface area contributed by atoms with Crippen LogP contribution >= 0.6 is 0 Å². The topological polar surface area (TPSA) is 56.9 Å². The summed E-state index contributed by atoms with van der Waals surface area (Å²) in [6, 6.07) is 16.4. The highest BCUT2D eigenvalue weighted by atomic mass is 16.5. The van der Waals surface area contributed by atoms with Gasteiger partial charge in [0.05, 0.1) is 10.9 Å². The van der Waals surface area contributed by atoms with Gasteiger partial charge in [0.1, 0.15) is 0 Å². The van der Waals surface area contributed by atoms with Crippen LogP contribution in [0.3, 0.4) is 0 Å². The maximum atomic E-state index is 12.1. The fraction of sp³-hybridized carbons (Fsp3) is 0. The predicted molar refractivity (Wildman–Crippen MR) is 72.4 cm³/mol. The summed E-state index contributed by atoms with van der Waals surface area (Å²) in [5, 5.41) is 12.8.